The zero-order chi connectivity index (χ0) is 21.8. The van der Waals surface area contributed by atoms with Crippen LogP contribution in [0.1, 0.15) is 27.2 Å². The molecule has 0 bridgehead atoms. The number of aromatic carboxylic acids is 1. The first-order valence-corrected chi connectivity index (χ1v) is 9.29. The van der Waals surface area contributed by atoms with E-state index < -0.39 is 11.9 Å². The third-order valence-corrected chi connectivity index (χ3v) is 4.73. The van der Waals surface area contributed by atoms with Crippen LogP contribution in [0.3, 0.4) is 0 Å². The van der Waals surface area contributed by atoms with Gasteiger partial charge in [0.05, 0.1) is 10.6 Å². The molecular formula is C23H17ClN2O4. The van der Waals surface area contributed by atoms with Crippen molar-refractivity contribution in [3.05, 3.63) is 81.6 Å². The molecule has 0 atom stereocenters. The monoisotopic (exact) mass is 420 g/mol. The van der Waals surface area contributed by atoms with Crippen molar-refractivity contribution in [3.63, 3.8) is 0 Å². The van der Waals surface area contributed by atoms with Gasteiger partial charge in [-0.1, -0.05) is 23.7 Å². The normalized spacial score (nSPS) is 11.1. The third kappa shape index (κ3) is 4.59. The van der Waals surface area contributed by atoms with Crippen LogP contribution in [0.2, 0.25) is 5.02 Å². The number of carbonyl (C=O) groups excluding carboxylic acids is 1. The molecule has 1 heterocycles. The minimum absolute atomic E-state index is 0.0634. The first kappa shape index (κ1) is 20.9. The van der Waals surface area contributed by atoms with Gasteiger partial charge in [0, 0.05) is 17.3 Å². The number of nitriles is 1. The summed E-state index contributed by atoms with van der Waals surface area (Å²) in [5, 5.41) is 21.6. The molecule has 0 saturated carbocycles. The van der Waals surface area contributed by atoms with Crippen LogP contribution in [-0.4, -0.2) is 17.0 Å². The number of anilines is 1. The van der Waals surface area contributed by atoms with Crippen molar-refractivity contribution in [2.45, 2.75) is 13.8 Å². The predicted octanol–water partition coefficient (Wildman–Crippen LogP) is 5.46. The van der Waals surface area contributed by atoms with Crippen LogP contribution in [0, 0.1) is 25.2 Å². The quantitative estimate of drug-likeness (QED) is 0.421. The molecule has 3 rings (SSSR count). The van der Waals surface area contributed by atoms with Crippen molar-refractivity contribution in [1.82, 2.24) is 0 Å². The Morgan fingerprint density at radius 2 is 1.90 bits per heavy atom. The van der Waals surface area contributed by atoms with Gasteiger partial charge in [0.1, 0.15) is 23.2 Å². The summed E-state index contributed by atoms with van der Waals surface area (Å²) in [5.41, 5.74) is 2.80. The SMILES string of the molecule is Cc1ccc(C)c(NC(=O)/C(C#N)=C/c2ccc(-c3cc(C(=O)O)ccc3Cl)o2)c1. The van der Waals surface area contributed by atoms with Crippen LogP contribution >= 0.6 is 11.6 Å². The largest absolute Gasteiger partial charge is 0.478 e. The molecule has 7 heteroatoms. The second kappa shape index (κ2) is 8.68. The number of nitrogens with zero attached hydrogens (tertiary/aromatic N) is 1. The number of carbonyl (C=O) groups is 2. The summed E-state index contributed by atoms with van der Waals surface area (Å²) in [6.45, 7) is 3.77. The molecule has 0 saturated heterocycles. The van der Waals surface area contributed by atoms with E-state index in [1.54, 1.807) is 12.1 Å². The summed E-state index contributed by atoms with van der Waals surface area (Å²) < 4.78 is 5.68. The number of carboxylic acid groups (broad SMARTS) is 1. The van der Waals surface area contributed by atoms with E-state index in [9.17, 15) is 14.9 Å². The number of carboxylic acids is 1. The third-order valence-electron chi connectivity index (χ3n) is 4.40. The molecule has 0 spiro atoms. The zero-order valence-electron chi connectivity index (χ0n) is 16.2. The van der Waals surface area contributed by atoms with Gasteiger partial charge in [-0.25, -0.2) is 4.79 Å². The first-order valence-electron chi connectivity index (χ1n) is 8.92. The lowest BCUT2D eigenvalue weighted by molar-refractivity contribution is -0.112. The van der Waals surface area contributed by atoms with Gasteiger partial charge >= 0.3 is 5.97 Å². The van der Waals surface area contributed by atoms with Crippen molar-refractivity contribution < 1.29 is 19.1 Å². The molecule has 0 radical (unpaired) electrons. The van der Waals surface area contributed by atoms with Crippen molar-refractivity contribution in [2.75, 3.05) is 5.32 Å². The number of rotatable bonds is 5. The molecule has 150 valence electrons. The Bertz CT molecular complexity index is 1220. The maximum absolute atomic E-state index is 12.5. The number of halogens is 1. The minimum Gasteiger partial charge on any atom is -0.478 e. The van der Waals surface area contributed by atoms with Crippen LogP contribution < -0.4 is 5.32 Å². The number of aryl methyl sites for hydroxylation is 2. The minimum atomic E-state index is -1.09. The van der Waals surface area contributed by atoms with E-state index >= 15 is 0 Å². The van der Waals surface area contributed by atoms with Gasteiger partial charge in [0.15, 0.2) is 0 Å². The van der Waals surface area contributed by atoms with E-state index in [1.807, 2.05) is 38.1 Å². The number of nitrogens with one attached hydrogen (secondary N) is 1. The highest BCUT2D eigenvalue weighted by atomic mass is 35.5. The van der Waals surface area contributed by atoms with Gasteiger partial charge in [-0.15, -0.1) is 0 Å². The number of benzene rings is 2. The first-order chi connectivity index (χ1) is 14.3. The van der Waals surface area contributed by atoms with Crippen LogP contribution in [0.4, 0.5) is 5.69 Å². The van der Waals surface area contributed by atoms with E-state index in [-0.39, 0.29) is 16.9 Å². The Morgan fingerprint density at radius 1 is 1.13 bits per heavy atom. The Labute approximate surface area is 178 Å². The molecule has 2 aromatic carbocycles. The van der Waals surface area contributed by atoms with Gasteiger partial charge in [-0.05, 0) is 61.4 Å². The van der Waals surface area contributed by atoms with Crippen LogP contribution in [0.5, 0.6) is 0 Å². The van der Waals surface area contributed by atoms with Crippen LogP contribution in [0.25, 0.3) is 17.4 Å². The van der Waals surface area contributed by atoms with Gasteiger partial charge in [0.25, 0.3) is 5.91 Å². The standard InChI is InChI=1S/C23H17ClN2O4/c1-13-3-4-14(2)20(9-13)26-22(27)16(12-25)10-17-6-8-21(30-17)18-11-15(23(28)29)5-7-19(18)24/h3-11H,1-2H3,(H,26,27)(H,28,29)/b16-10+. The molecule has 0 aliphatic carbocycles. The Morgan fingerprint density at radius 3 is 2.60 bits per heavy atom. The average Bonchev–Trinajstić information content (AvgIpc) is 3.17. The highest BCUT2D eigenvalue weighted by Crippen LogP contribution is 2.31. The predicted molar refractivity (Wildman–Crippen MR) is 114 cm³/mol. The Kier molecular flexibility index (Phi) is 6.05. The van der Waals surface area contributed by atoms with E-state index in [4.69, 9.17) is 21.1 Å². The molecular weight excluding hydrogens is 404 g/mol. The van der Waals surface area contributed by atoms with Crippen LogP contribution in [0.15, 0.2) is 58.5 Å². The lowest BCUT2D eigenvalue weighted by Gasteiger charge is -2.08. The molecule has 6 nitrogen and oxygen atoms in total. The van der Waals surface area contributed by atoms with Gasteiger partial charge in [-0.3, -0.25) is 4.79 Å². The maximum atomic E-state index is 12.5. The zero-order valence-corrected chi connectivity index (χ0v) is 16.9. The molecule has 0 fully saturated rings. The second-order valence-corrected chi connectivity index (χ2v) is 7.05. The molecule has 2 N–H and O–H groups in total. The van der Waals surface area contributed by atoms with E-state index in [0.29, 0.717) is 22.0 Å². The van der Waals surface area contributed by atoms with Gasteiger partial charge < -0.3 is 14.8 Å². The average molecular weight is 421 g/mol. The summed E-state index contributed by atoms with van der Waals surface area (Å²) in [6, 6.07) is 14.9. The highest BCUT2D eigenvalue weighted by Gasteiger charge is 2.15. The summed E-state index contributed by atoms with van der Waals surface area (Å²) in [7, 11) is 0. The molecule has 3 aromatic rings. The van der Waals surface area contributed by atoms with Gasteiger partial charge in [0.2, 0.25) is 0 Å². The van der Waals surface area contributed by atoms with Crippen molar-refractivity contribution in [3.8, 4) is 17.4 Å². The maximum Gasteiger partial charge on any atom is 0.335 e. The number of amides is 1. The fourth-order valence-electron chi connectivity index (χ4n) is 2.77. The van der Waals surface area contributed by atoms with E-state index in [1.165, 1.54) is 24.3 Å². The van der Waals surface area contributed by atoms with Crippen molar-refractivity contribution in [1.29, 1.82) is 5.26 Å². The molecule has 1 amide bonds. The Balaban J connectivity index is 1.88. The van der Waals surface area contributed by atoms with Crippen molar-refractivity contribution >= 4 is 35.2 Å². The smallest absolute Gasteiger partial charge is 0.335 e. The lowest BCUT2D eigenvalue weighted by Crippen LogP contribution is -2.14. The number of furan rings is 1. The summed E-state index contributed by atoms with van der Waals surface area (Å²) in [4.78, 5) is 23.7. The van der Waals surface area contributed by atoms with E-state index in [2.05, 4.69) is 5.32 Å². The lowest BCUT2D eigenvalue weighted by atomic mass is 10.1. The Hall–Kier alpha value is -3.82. The second-order valence-electron chi connectivity index (χ2n) is 6.64. The molecule has 1 aromatic heterocycles. The van der Waals surface area contributed by atoms with Gasteiger partial charge in [-0.2, -0.15) is 5.26 Å². The van der Waals surface area contributed by atoms with Crippen molar-refractivity contribution in [2.24, 2.45) is 0 Å². The molecule has 30 heavy (non-hydrogen) atoms. The topological polar surface area (TPSA) is 103 Å². The molecule has 0 unspecified atom stereocenters. The summed E-state index contributed by atoms with van der Waals surface area (Å²) in [5.74, 6) is -1.07. The fraction of sp³-hybridized carbons (Fsp3) is 0.0870. The summed E-state index contributed by atoms with van der Waals surface area (Å²) in [6.07, 6.45) is 1.32. The number of hydrogen-bond donors (Lipinski definition) is 2. The highest BCUT2D eigenvalue weighted by molar-refractivity contribution is 6.33. The fourth-order valence-corrected chi connectivity index (χ4v) is 2.98. The molecule has 0 aliphatic rings. The van der Waals surface area contributed by atoms with E-state index in [0.717, 1.165) is 11.1 Å². The molecule has 0 aliphatic heterocycles. The number of hydrogen-bond acceptors (Lipinski definition) is 4. The van der Waals surface area contributed by atoms with Crippen LogP contribution in [-0.2, 0) is 4.79 Å². The summed E-state index contributed by atoms with van der Waals surface area (Å²) >= 11 is 6.16.